The maximum Gasteiger partial charge on any atom is 0.246 e. The monoisotopic (exact) mass is 684 g/mol. The molecule has 45 heavy (non-hydrogen) atoms. The number of hydrogen-bond acceptors (Lipinski definition) is 8. The molecule has 1 aromatic heterocycles. The number of halogens is 2. The van der Waals surface area contributed by atoms with Crippen molar-refractivity contribution in [2.75, 3.05) is 39.3 Å². The lowest BCUT2D eigenvalue weighted by Crippen LogP contribution is -2.57. The number of carbonyl (C=O) groups excluding carboxylic acids is 3. The normalized spacial score (nSPS) is 19.3. The molecule has 0 spiro atoms. The fraction of sp³-hybridized carbons (Fsp3) is 0.625. The molecule has 0 radical (unpaired) electrons. The van der Waals surface area contributed by atoms with Crippen molar-refractivity contribution in [3.63, 3.8) is 0 Å². The van der Waals surface area contributed by atoms with E-state index < -0.39 is 23.6 Å². The lowest BCUT2D eigenvalue weighted by Gasteiger charge is -2.35. The smallest absolute Gasteiger partial charge is 0.246 e. The van der Waals surface area contributed by atoms with Gasteiger partial charge in [-0.2, -0.15) is 0 Å². The molecule has 1 aromatic carbocycles. The molecule has 10 nitrogen and oxygen atoms in total. The van der Waals surface area contributed by atoms with Crippen LogP contribution in [0.5, 0.6) is 0 Å². The number of hydrogen-bond donors (Lipinski definition) is 4. The van der Waals surface area contributed by atoms with Crippen molar-refractivity contribution < 1.29 is 19.5 Å². The first-order chi connectivity index (χ1) is 20.5. The predicted octanol–water partition coefficient (Wildman–Crippen LogP) is 3.54. The molecule has 13 heteroatoms. The van der Waals surface area contributed by atoms with E-state index in [4.69, 9.17) is 0 Å². The minimum Gasteiger partial charge on any atom is -0.391 e. The summed E-state index contributed by atoms with van der Waals surface area (Å²) in [6.45, 7) is 13.3. The fourth-order valence-corrected chi connectivity index (χ4v) is 6.56. The van der Waals surface area contributed by atoms with Gasteiger partial charge < -0.3 is 30.9 Å². The minimum atomic E-state index is -0.802. The Hall–Kier alpha value is -2.28. The maximum atomic E-state index is 13.8. The Kier molecular flexibility index (Phi) is 15.7. The Morgan fingerprint density at radius 3 is 2.40 bits per heavy atom. The molecule has 3 heterocycles. The van der Waals surface area contributed by atoms with E-state index in [1.807, 2.05) is 57.5 Å². The zero-order chi connectivity index (χ0) is 31.0. The van der Waals surface area contributed by atoms with Crippen LogP contribution in [-0.2, 0) is 20.9 Å². The summed E-state index contributed by atoms with van der Waals surface area (Å²) < 4.78 is 0. The Morgan fingerprint density at radius 1 is 1.09 bits per heavy atom. The van der Waals surface area contributed by atoms with Gasteiger partial charge in [0.25, 0.3) is 0 Å². The van der Waals surface area contributed by atoms with Crippen LogP contribution < -0.4 is 16.0 Å². The highest BCUT2D eigenvalue weighted by atomic mass is 35.5. The number of aryl methyl sites for hydroxylation is 1. The van der Waals surface area contributed by atoms with Crippen LogP contribution in [0.1, 0.15) is 64.1 Å². The average molecular weight is 686 g/mol. The summed E-state index contributed by atoms with van der Waals surface area (Å²) in [4.78, 5) is 49.3. The quantitative estimate of drug-likeness (QED) is 0.252. The Morgan fingerprint density at radius 2 is 1.78 bits per heavy atom. The van der Waals surface area contributed by atoms with Crippen LogP contribution in [0.15, 0.2) is 29.8 Å². The zero-order valence-corrected chi connectivity index (χ0v) is 29.3. The van der Waals surface area contributed by atoms with Gasteiger partial charge in [0.15, 0.2) is 0 Å². The SMILES string of the molecule is Cc1ncsc1-c1ccc(CNC(=O)[C@@H]2C[C@@H](O)CN2C(=O)[C@@H](NC(=O)CCCCCN2CCNCC2)C(C)(C)C)cc1.Cl.Cl. The average Bonchev–Trinajstić information content (AvgIpc) is 3.59. The highest BCUT2D eigenvalue weighted by molar-refractivity contribution is 7.13. The van der Waals surface area contributed by atoms with Crippen LogP contribution >= 0.6 is 36.2 Å². The third kappa shape index (κ3) is 11.2. The molecule has 2 saturated heterocycles. The summed E-state index contributed by atoms with van der Waals surface area (Å²) >= 11 is 1.59. The van der Waals surface area contributed by atoms with Gasteiger partial charge in [-0.25, -0.2) is 4.98 Å². The largest absolute Gasteiger partial charge is 0.391 e. The number of benzene rings is 1. The number of piperazine rings is 1. The molecule has 4 rings (SSSR count). The minimum absolute atomic E-state index is 0. The van der Waals surface area contributed by atoms with Crippen LogP contribution in [0.3, 0.4) is 0 Å². The molecule has 0 bridgehead atoms. The van der Waals surface area contributed by atoms with Gasteiger partial charge in [0.2, 0.25) is 17.7 Å². The number of β-amino-alcohol motifs (C(OH)–C–C–N with tert-alkyl or cyclic N) is 1. The molecule has 0 unspecified atom stereocenters. The molecular weight excluding hydrogens is 635 g/mol. The molecule has 252 valence electrons. The number of thiazole rings is 1. The second-order valence-corrected chi connectivity index (χ2v) is 13.7. The van der Waals surface area contributed by atoms with Crippen LogP contribution in [0.25, 0.3) is 10.4 Å². The summed E-state index contributed by atoms with van der Waals surface area (Å²) in [6.07, 6.45) is 2.50. The van der Waals surface area contributed by atoms with E-state index >= 15 is 0 Å². The van der Waals surface area contributed by atoms with Crippen molar-refractivity contribution in [3.8, 4) is 10.4 Å². The number of rotatable bonds is 12. The molecule has 3 atom stereocenters. The first kappa shape index (κ1) is 38.9. The van der Waals surface area contributed by atoms with Crippen LogP contribution in [0.2, 0.25) is 0 Å². The van der Waals surface area contributed by atoms with E-state index in [9.17, 15) is 19.5 Å². The number of aliphatic hydroxyl groups is 1. The molecule has 4 N–H and O–H groups in total. The molecule has 2 fully saturated rings. The number of carbonyl (C=O) groups is 3. The Bertz CT molecular complexity index is 1230. The van der Waals surface area contributed by atoms with Crippen LogP contribution in [-0.4, -0.2) is 95.1 Å². The molecule has 2 aliphatic rings. The van der Waals surface area contributed by atoms with Crippen molar-refractivity contribution in [2.24, 2.45) is 5.41 Å². The van der Waals surface area contributed by atoms with Crippen molar-refractivity contribution in [2.45, 2.75) is 84.5 Å². The van der Waals surface area contributed by atoms with E-state index in [0.717, 1.165) is 73.7 Å². The standard InChI is InChI=1S/C32H48N6O4S.2ClH/c1-22-28(43-21-35-22)24-11-9-23(10-12-24)19-34-30(41)26-18-25(39)20-38(26)31(42)29(32(2,3)4)36-27(40)8-6-5-7-15-37-16-13-33-14-17-37;;/h9-12,21,25-26,29,33,39H,5-8,13-20H2,1-4H3,(H,34,41)(H,36,40);2*1H/t25-,26+,29-;;/m1../s1. The Balaban J connectivity index is 0.00000353. The highest BCUT2D eigenvalue weighted by Gasteiger charge is 2.44. The molecular formula is C32H50Cl2N6O4S. The lowest BCUT2D eigenvalue weighted by atomic mass is 9.85. The number of amides is 3. The fourth-order valence-electron chi connectivity index (χ4n) is 5.75. The second-order valence-electron chi connectivity index (χ2n) is 12.8. The van der Waals surface area contributed by atoms with Gasteiger partial charge in [-0.3, -0.25) is 14.4 Å². The number of aromatic nitrogens is 1. The summed E-state index contributed by atoms with van der Waals surface area (Å²) in [7, 11) is 0. The first-order valence-electron chi connectivity index (χ1n) is 15.5. The van der Waals surface area contributed by atoms with Crippen molar-refractivity contribution in [1.29, 1.82) is 0 Å². The van der Waals surface area contributed by atoms with Gasteiger partial charge in [0.05, 0.1) is 22.2 Å². The van der Waals surface area contributed by atoms with Crippen molar-refractivity contribution in [3.05, 3.63) is 41.0 Å². The lowest BCUT2D eigenvalue weighted by molar-refractivity contribution is -0.144. The summed E-state index contributed by atoms with van der Waals surface area (Å²) in [5.41, 5.74) is 4.26. The molecule has 0 aliphatic carbocycles. The van der Waals surface area contributed by atoms with E-state index in [-0.39, 0.29) is 55.5 Å². The van der Waals surface area contributed by atoms with Gasteiger partial charge in [0, 0.05) is 52.1 Å². The van der Waals surface area contributed by atoms with Gasteiger partial charge in [-0.15, -0.1) is 36.2 Å². The van der Waals surface area contributed by atoms with Crippen molar-refractivity contribution >= 4 is 53.9 Å². The van der Waals surface area contributed by atoms with E-state index in [1.165, 1.54) is 4.90 Å². The number of unbranched alkanes of at least 4 members (excludes halogenated alkanes) is 2. The number of likely N-dealkylation sites (tertiary alicyclic amines) is 1. The van der Waals surface area contributed by atoms with Gasteiger partial charge >= 0.3 is 0 Å². The number of aliphatic hydroxyl groups excluding tert-OH is 1. The molecule has 0 saturated carbocycles. The van der Waals surface area contributed by atoms with E-state index in [1.54, 1.807) is 11.3 Å². The molecule has 2 aromatic rings. The van der Waals surface area contributed by atoms with Crippen LogP contribution in [0.4, 0.5) is 0 Å². The Labute approximate surface area is 283 Å². The summed E-state index contributed by atoms with van der Waals surface area (Å²) in [5, 5.41) is 19.7. The third-order valence-electron chi connectivity index (χ3n) is 8.30. The molecule has 2 aliphatic heterocycles. The second kappa shape index (κ2) is 18.2. The summed E-state index contributed by atoms with van der Waals surface area (Å²) in [5.74, 6) is -0.801. The van der Waals surface area contributed by atoms with E-state index in [2.05, 4.69) is 25.8 Å². The van der Waals surface area contributed by atoms with Gasteiger partial charge in [0.1, 0.15) is 12.1 Å². The number of nitrogens with one attached hydrogen (secondary N) is 3. The van der Waals surface area contributed by atoms with Gasteiger partial charge in [-0.05, 0) is 42.9 Å². The topological polar surface area (TPSA) is 127 Å². The highest BCUT2D eigenvalue weighted by Crippen LogP contribution is 2.28. The van der Waals surface area contributed by atoms with E-state index in [0.29, 0.717) is 13.0 Å². The number of nitrogens with zero attached hydrogens (tertiary/aromatic N) is 3. The maximum absolute atomic E-state index is 13.8. The zero-order valence-electron chi connectivity index (χ0n) is 26.8. The first-order valence-corrected chi connectivity index (χ1v) is 16.4. The molecule has 3 amide bonds. The van der Waals surface area contributed by atoms with Crippen LogP contribution in [0, 0.1) is 12.3 Å². The van der Waals surface area contributed by atoms with Gasteiger partial charge in [-0.1, -0.05) is 51.5 Å². The summed E-state index contributed by atoms with van der Waals surface area (Å²) in [6, 6.07) is 6.37. The predicted molar refractivity (Wildman–Crippen MR) is 184 cm³/mol. The van der Waals surface area contributed by atoms with Crippen molar-refractivity contribution in [1.82, 2.24) is 30.7 Å². The third-order valence-corrected chi connectivity index (χ3v) is 9.28.